The Morgan fingerprint density at radius 1 is 0.960 bits per heavy atom. The van der Waals surface area contributed by atoms with Crippen molar-refractivity contribution in [3.63, 3.8) is 0 Å². The predicted octanol–water partition coefficient (Wildman–Crippen LogP) is 2.62. The van der Waals surface area contributed by atoms with Crippen LogP contribution in [-0.4, -0.2) is 47.3 Å². The Kier molecular flexibility index (Phi) is 4.37. The van der Waals surface area contributed by atoms with Gasteiger partial charge in [-0.1, -0.05) is 0 Å². The van der Waals surface area contributed by atoms with Gasteiger partial charge in [-0.3, -0.25) is 4.79 Å². The topological polar surface area (TPSA) is 76.6 Å². The standard InChI is InChI=1S/C18H20N4O3/c23-18(22-8-2-1-3-9-22)14-5-7-17(21-20-14)19-13-4-6-15-16(12-13)25-11-10-24-15/h4-7,12H,1-3,8-11H2,(H,19,21). The molecule has 25 heavy (non-hydrogen) atoms. The van der Waals surface area contributed by atoms with Crippen molar-refractivity contribution in [2.45, 2.75) is 19.3 Å². The van der Waals surface area contributed by atoms with Gasteiger partial charge in [0.15, 0.2) is 23.0 Å². The number of nitrogens with zero attached hydrogens (tertiary/aromatic N) is 3. The number of carbonyl (C=O) groups is 1. The third-order valence-corrected chi connectivity index (χ3v) is 4.34. The van der Waals surface area contributed by atoms with Crippen LogP contribution < -0.4 is 14.8 Å². The van der Waals surface area contributed by atoms with Gasteiger partial charge in [-0.2, -0.15) is 0 Å². The lowest BCUT2D eigenvalue weighted by atomic mass is 10.1. The molecule has 3 heterocycles. The van der Waals surface area contributed by atoms with Crippen molar-refractivity contribution >= 4 is 17.4 Å². The van der Waals surface area contributed by atoms with Crippen LogP contribution in [0.4, 0.5) is 11.5 Å². The van der Waals surface area contributed by atoms with Gasteiger partial charge in [0, 0.05) is 24.8 Å². The number of fused-ring (bicyclic) bond motifs is 1. The smallest absolute Gasteiger partial charge is 0.274 e. The zero-order chi connectivity index (χ0) is 17.1. The maximum Gasteiger partial charge on any atom is 0.274 e. The zero-order valence-electron chi connectivity index (χ0n) is 13.9. The molecule has 0 aliphatic carbocycles. The Labute approximate surface area is 146 Å². The van der Waals surface area contributed by atoms with Crippen molar-refractivity contribution in [1.29, 1.82) is 0 Å². The van der Waals surface area contributed by atoms with Crippen molar-refractivity contribution in [3.8, 4) is 11.5 Å². The van der Waals surface area contributed by atoms with E-state index in [9.17, 15) is 4.79 Å². The maximum atomic E-state index is 12.4. The third-order valence-electron chi connectivity index (χ3n) is 4.34. The highest BCUT2D eigenvalue weighted by Crippen LogP contribution is 2.33. The van der Waals surface area contributed by atoms with Crippen LogP contribution in [0.2, 0.25) is 0 Å². The van der Waals surface area contributed by atoms with E-state index in [4.69, 9.17) is 9.47 Å². The van der Waals surface area contributed by atoms with Gasteiger partial charge in [0.25, 0.3) is 5.91 Å². The molecular formula is C18H20N4O3. The number of carbonyl (C=O) groups excluding carboxylic acids is 1. The molecule has 1 aromatic heterocycles. The number of anilines is 2. The van der Waals surface area contributed by atoms with Crippen molar-refractivity contribution in [2.24, 2.45) is 0 Å². The number of rotatable bonds is 3. The van der Waals surface area contributed by atoms with Crippen molar-refractivity contribution in [3.05, 3.63) is 36.0 Å². The lowest BCUT2D eigenvalue weighted by molar-refractivity contribution is 0.0717. The predicted molar refractivity (Wildman–Crippen MR) is 92.5 cm³/mol. The molecule has 0 bridgehead atoms. The fourth-order valence-corrected chi connectivity index (χ4v) is 3.04. The first-order valence-electron chi connectivity index (χ1n) is 8.59. The van der Waals surface area contributed by atoms with Gasteiger partial charge in [-0.15, -0.1) is 10.2 Å². The first kappa shape index (κ1) is 15.7. The second-order valence-electron chi connectivity index (χ2n) is 6.14. The van der Waals surface area contributed by atoms with Crippen molar-refractivity contribution in [1.82, 2.24) is 15.1 Å². The summed E-state index contributed by atoms with van der Waals surface area (Å²) in [6, 6.07) is 9.09. The van der Waals surface area contributed by atoms with Crippen molar-refractivity contribution < 1.29 is 14.3 Å². The first-order chi connectivity index (χ1) is 12.3. The molecule has 7 nitrogen and oxygen atoms in total. The summed E-state index contributed by atoms with van der Waals surface area (Å²) < 4.78 is 11.1. The number of nitrogens with one attached hydrogen (secondary N) is 1. The van der Waals surface area contributed by atoms with Crippen LogP contribution in [0.15, 0.2) is 30.3 Å². The summed E-state index contributed by atoms with van der Waals surface area (Å²) in [5, 5.41) is 11.4. The van der Waals surface area contributed by atoms with Crippen LogP contribution in [0.3, 0.4) is 0 Å². The van der Waals surface area contributed by atoms with E-state index in [1.165, 1.54) is 6.42 Å². The van der Waals surface area contributed by atoms with Crippen LogP contribution in [-0.2, 0) is 0 Å². The first-order valence-corrected chi connectivity index (χ1v) is 8.59. The molecule has 1 saturated heterocycles. The molecule has 1 amide bonds. The highest BCUT2D eigenvalue weighted by atomic mass is 16.6. The largest absolute Gasteiger partial charge is 0.486 e. The van der Waals surface area contributed by atoms with E-state index in [1.807, 2.05) is 23.1 Å². The van der Waals surface area contributed by atoms with E-state index in [1.54, 1.807) is 12.1 Å². The number of hydrogen-bond acceptors (Lipinski definition) is 6. The van der Waals surface area contributed by atoms with E-state index >= 15 is 0 Å². The van der Waals surface area contributed by atoms with E-state index < -0.39 is 0 Å². The molecule has 2 aliphatic rings. The van der Waals surface area contributed by atoms with Crippen LogP contribution in [0, 0.1) is 0 Å². The van der Waals surface area contributed by atoms with Crippen LogP contribution in [0.1, 0.15) is 29.8 Å². The average Bonchev–Trinajstić information content (AvgIpc) is 2.69. The molecule has 1 aromatic carbocycles. The fourth-order valence-electron chi connectivity index (χ4n) is 3.04. The summed E-state index contributed by atoms with van der Waals surface area (Å²) >= 11 is 0. The number of hydrogen-bond donors (Lipinski definition) is 1. The molecule has 1 fully saturated rings. The molecular weight excluding hydrogens is 320 g/mol. The number of benzene rings is 1. The van der Waals surface area contributed by atoms with Crippen molar-refractivity contribution in [2.75, 3.05) is 31.6 Å². The summed E-state index contributed by atoms with van der Waals surface area (Å²) in [6.07, 6.45) is 3.31. The van der Waals surface area contributed by atoms with Crippen LogP contribution in [0.25, 0.3) is 0 Å². The molecule has 0 radical (unpaired) electrons. The lowest BCUT2D eigenvalue weighted by Crippen LogP contribution is -2.36. The molecule has 1 N–H and O–H groups in total. The number of likely N-dealkylation sites (tertiary alicyclic amines) is 1. The molecule has 0 saturated carbocycles. The molecule has 130 valence electrons. The zero-order valence-corrected chi connectivity index (χ0v) is 13.9. The van der Waals surface area contributed by atoms with E-state index in [2.05, 4.69) is 15.5 Å². The number of ether oxygens (including phenoxy) is 2. The van der Waals surface area contributed by atoms with E-state index in [0.29, 0.717) is 30.5 Å². The average molecular weight is 340 g/mol. The van der Waals surface area contributed by atoms with Crippen LogP contribution >= 0.6 is 0 Å². The van der Waals surface area contributed by atoms with Gasteiger partial charge >= 0.3 is 0 Å². The summed E-state index contributed by atoms with van der Waals surface area (Å²) in [4.78, 5) is 14.3. The summed E-state index contributed by atoms with van der Waals surface area (Å²) in [7, 11) is 0. The summed E-state index contributed by atoms with van der Waals surface area (Å²) in [5.74, 6) is 1.98. The normalized spacial score (nSPS) is 16.4. The SMILES string of the molecule is O=C(c1ccc(Nc2ccc3c(c2)OCCO3)nn1)N1CCCCC1. The molecule has 2 aliphatic heterocycles. The van der Waals surface area contributed by atoms with Gasteiger partial charge in [-0.25, -0.2) is 0 Å². The molecule has 0 spiro atoms. The monoisotopic (exact) mass is 340 g/mol. The minimum absolute atomic E-state index is 0.0434. The fraction of sp³-hybridized carbons (Fsp3) is 0.389. The Morgan fingerprint density at radius 3 is 2.52 bits per heavy atom. The molecule has 0 unspecified atom stereocenters. The highest BCUT2D eigenvalue weighted by molar-refractivity contribution is 5.92. The molecule has 7 heteroatoms. The van der Waals surface area contributed by atoms with E-state index in [-0.39, 0.29) is 5.91 Å². The molecule has 4 rings (SSSR count). The summed E-state index contributed by atoms with van der Waals surface area (Å²) in [5.41, 5.74) is 1.21. The van der Waals surface area contributed by atoms with E-state index in [0.717, 1.165) is 37.4 Å². The molecule has 0 atom stereocenters. The Balaban J connectivity index is 1.44. The van der Waals surface area contributed by atoms with Gasteiger partial charge in [0.2, 0.25) is 0 Å². The van der Waals surface area contributed by atoms with Crippen LogP contribution in [0.5, 0.6) is 11.5 Å². The number of amides is 1. The van der Waals surface area contributed by atoms with Gasteiger partial charge in [-0.05, 0) is 43.5 Å². The van der Waals surface area contributed by atoms with Gasteiger partial charge < -0.3 is 19.7 Å². The highest BCUT2D eigenvalue weighted by Gasteiger charge is 2.19. The quantitative estimate of drug-likeness (QED) is 0.925. The Morgan fingerprint density at radius 2 is 1.76 bits per heavy atom. The van der Waals surface area contributed by atoms with Gasteiger partial charge in [0.05, 0.1) is 0 Å². The Bertz CT molecular complexity index is 757. The number of aromatic nitrogens is 2. The summed E-state index contributed by atoms with van der Waals surface area (Å²) in [6.45, 7) is 2.72. The third kappa shape index (κ3) is 3.50. The minimum Gasteiger partial charge on any atom is -0.486 e. The minimum atomic E-state index is -0.0434. The maximum absolute atomic E-state index is 12.4. The van der Waals surface area contributed by atoms with Gasteiger partial charge in [0.1, 0.15) is 13.2 Å². The second-order valence-corrected chi connectivity index (χ2v) is 6.14. The molecule has 2 aromatic rings. The lowest BCUT2D eigenvalue weighted by Gasteiger charge is -2.26. The Hall–Kier alpha value is -2.83. The second kappa shape index (κ2) is 6.96. The number of piperidine rings is 1.